The van der Waals surface area contributed by atoms with Crippen LogP contribution in [0.1, 0.15) is 26.7 Å². The highest BCUT2D eigenvalue weighted by Crippen LogP contribution is 2.48. The maximum Gasteiger partial charge on any atom is 0.490 e. The first kappa shape index (κ1) is 20.0. The fourth-order valence-electron chi connectivity index (χ4n) is 2.49. The number of carboxylic acids is 1. The van der Waals surface area contributed by atoms with Gasteiger partial charge >= 0.3 is 12.1 Å². The molecule has 9 heteroatoms. The predicted octanol–water partition coefficient (Wildman–Crippen LogP) is 1.67. The summed E-state index contributed by atoms with van der Waals surface area (Å²) in [6, 6.07) is 1.57. The Bertz CT molecular complexity index is 569. The van der Waals surface area contributed by atoms with Crippen LogP contribution in [0.3, 0.4) is 0 Å². The first-order valence-corrected chi connectivity index (χ1v) is 7.28. The highest BCUT2D eigenvalue weighted by Gasteiger charge is 2.55. The number of alkyl halides is 3. The van der Waals surface area contributed by atoms with Gasteiger partial charge in [0.1, 0.15) is 6.04 Å². The van der Waals surface area contributed by atoms with E-state index in [1.807, 2.05) is 13.8 Å². The van der Waals surface area contributed by atoms with E-state index in [2.05, 4.69) is 12.6 Å². The van der Waals surface area contributed by atoms with Crippen molar-refractivity contribution in [2.75, 3.05) is 0 Å². The summed E-state index contributed by atoms with van der Waals surface area (Å²) in [5, 5.41) is 16.2. The largest absolute Gasteiger partial charge is 0.490 e. The minimum Gasteiger partial charge on any atom is -0.475 e. The normalized spacial score (nSPS) is 26.4. The highest BCUT2D eigenvalue weighted by molar-refractivity contribution is 5.84. The molecule has 0 radical (unpaired) electrons. The predicted molar refractivity (Wildman–Crippen MR) is 78.4 cm³/mol. The average Bonchev–Trinajstić information content (AvgIpc) is 3.15. The molecule has 0 bridgehead atoms. The number of likely N-dealkylation sites (tertiary alicyclic amines) is 1. The number of amides is 1. The number of carboxylic acid groups (broad SMARTS) is 1. The molecule has 1 aliphatic heterocycles. The highest BCUT2D eigenvalue weighted by atomic mass is 19.4. The fourth-order valence-corrected chi connectivity index (χ4v) is 2.49. The van der Waals surface area contributed by atoms with E-state index in [-0.39, 0.29) is 18.0 Å². The summed E-state index contributed by atoms with van der Waals surface area (Å²) in [6.07, 6.45) is -1.53. The van der Waals surface area contributed by atoms with Gasteiger partial charge in [0, 0.05) is 11.5 Å². The number of carbonyl (C=O) groups excluding carboxylic acids is 1. The Morgan fingerprint density at radius 3 is 2.29 bits per heavy atom. The van der Waals surface area contributed by atoms with Gasteiger partial charge in [0.15, 0.2) is 0 Å². The number of hydrogen-bond donors (Lipinski definition) is 2. The van der Waals surface area contributed by atoms with Crippen LogP contribution < -0.4 is 5.73 Å². The van der Waals surface area contributed by atoms with Crippen LogP contribution in [0.25, 0.3) is 0 Å². The number of rotatable bonds is 3. The topological polar surface area (TPSA) is 107 Å². The zero-order chi connectivity index (χ0) is 18.9. The van der Waals surface area contributed by atoms with E-state index in [1.165, 1.54) is 0 Å². The van der Waals surface area contributed by atoms with Crippen molar-refractivity contribution in [3.8, 4) is 6.07 Å². The van der Waals surface area contributed by atoms with Crippen LogP contribution in [0, 0.1) is 22.7 Å². The molecule has 4 atom stereocenters. The molecule has 1 saturated heterocycles. The Balaban J connectivity index is 0.000000351. The molecule has 0 aromatic carbocycles. The average molecular weight is 347 g/mol. The Morgan fingerprint density at radius 1 is 1.42 bits per heavy atom. The van der Waals surface area contributed by atoms with E-state index >= 15 is 0 Å². The van der Waals surface area contributed by atoms with Gasteiger partial charge in [-0.05, 0) is 18.8 Å². The number of nitriles is 1. The summed E-state index contributed by atoms with van der Waals surface area (Å²) in [4.78, 5) is 23.0. The number of nitrogens with zero attached hydrogens (tertiary/aromatic N) is 2. The van der Waals surface area contributed by atoms with Gasteiger partial charge < -0.3 is 15.7 Å². The number of halogens is 3. The smallest absolute Gasteiger partial charge is 0.475 e. The molecule has 134 valence electrons. The van der Waals surface area contributed by atoms with Gasteiger partial charge in [-0.1, -0.05) is 19.9 Å². The third kappa shape index (κ3) is 4.26. The maximum absolute atomic E-state index is 12.4. The molecule has 2 aliphatic rings. The molecule has 0 unspecified atom stereocenters. The quantitative estimate of drug-likeness (QED) is 0.755. The van der Waals surface area contributed by atoms with E-state index in [4.69, 9.17) is 20.9 Å². The summed E-state index contributed by atoms with van der Waals surface area (Å²) >= 11 is 0. The van der Waals surface area contributed by atoms with Crippen molar-refractivity contribution in [2.24, 2.45) is 17.1 Å². The van der Waals surface area contributed by atoms with Crippen molar-refractivity contribution in [1.29, 1.82) is 5.26 Å². The Labute approximate surface area is 137 Å². The zero-order valence-corrected chi connectivity index (χ0v) is 13.4. The number of hydrogen-bond acceptors (Lipinski definition) is 4. The third-order valence-electron chi connectivity index (χ3n) is 4.34. The minimum atomic E-state index is -5.08. The number of fused-ring (bicyclic) bond motifs is 1. The lowest BCUT2D eigenvalue weighted by Crippen LogP contribution is -2.53. The number of carbonyl (C=O) groups is 2. The Hall–Kier alpha value is -2.08. The fraction of sp³-hybridized carbons (Fsp3) is 0.667. The molecule has 1 heterocycles. The van der Waals surface area contributed by atoms with Gasteiger partial charge in [0.2, 0.25) is 5.91 Å². The Kier molecular flexibility index (Phi) is 5.66. The standard InChI is InChI=1S/C13H19N3O.C2HF3O2/c1-4-13(2,3)11(15)12(17)16-9(7-14)5-8-6-10(8)16;3-2(4,5)1(6)7/h4,8-11H,1,5-6,15H2,2-3H3;(H,6,7)/t8-,9+,10+,11-;/m1./s1. The van der Waals surface area contributed by atoms with E-state index in [9.17, 15) is 18.0 Å². The van der Waals surface area contributed by atoms with Crippen LogP contribution in [0.4, 0.5) is 13.2 Å². The number of nitrogens with two attached hydrogens (primary N) is 1. The van der Waals surface area contributed by atoms with Crippen molar-refractivity contribution in [1.82, 2.24) is 4.90 Å². The van der Waals surface area contributed by atoms with Crippen molar-refractivity contribution in [2.45, 2.75) is 51.0 Å². The summed E-state index contributed by atoms with van der Waals surface area (Å²) in [7, 11) is 0. The van der Waals surface area contributed by atoms with Crippen LogP contribution in [0.5, 0.6) is 0 Å². The molecule has 1 amide bonds. The van der Waals surface area contributed by atoms with E-state index in [0.717, 1.165) is 12.8 Å². The van der Waals surface area contributed by atoms with Gasteiger partial charge in [-0.15, -0.1) is 6.58 Å². The molecule has 1 saturated carbocycles. The van der Waals surface area contributed by atoms with E-state index in [1.54, 1.807) is 11.0 Å². The molecule has 0 aromatic rings. The lowest BCUT2D eigenvalue weighted by molar-refractivity contribution is -0.192. The molecule has 0 aromatic heterocycles. The van der Waals surface area contributed by atoms with Crippen LogP contribution in [0.2, 0.25) is 0 Å². The van der Waals surface area contributed by atoms with Crippen molar-refractivity contribution < 1.29 is 27.9 Å². The molecule has 1 aliphatic carbocycles. The molecule has 6 nitrogen and oxygen atoms in total. The number of piperidine rings is 1. The monoisotopic (exact) mass is 347 g/mol. The molecular formula is C15H20F3N3O3. The summed E-state index contributed by atoms with van der Waals surface area (Å²) < 4.78 is 31.7. The van der Waals surface area contributed by atoms with Crippen molar-refractivity contribution in [3.05, 3.63) is 12.7 Å². The summed E-state index contributed by atoms with van der Waals surface area (Å²) in [5.41, 5.74) is 5.57. The summed E-state index contributed by atoms with van der Waals surface area (Å²) in [6.45, 7) is 7.50. The van der Waals surface area contributed by atoms with Gasteiger partial charge in [-0.3, -0.25) is 4.79 Å². The van der Waals surface area contributed by atoms with Gasteiger partial charge in [-0.2, -0.15) is 18.4 Å². The van der Waals surface area contributed by atoms with Crippen molar-refractivity contribution in [3.63, 3.8) is 0 Å². The molecule has 3 N–H and O–H groups in total. The van der Waals surface area contributed by atoms with Crippen LogP contribution in [-0.4, -0.2) is 46.2 Å². The zero-order valence-electron chi connectivity index (χ0n) is 13.4. The second-order valence-electron chi connectivity index (χ2n) is 6.50. The molecule has 0 spiro atoms. The van der Waals surface area contributed by atoms with Gasteiger partial charge in [-0.25, -0.2) is 4.79 Å². The lowest BCUT2D eigenvalue weighted by Gasteiger charge is -2.32. The van der Waals surface area contributed by atoms with Gasteiger partial charge in [0.25, 0.3) is 0 Å². The van der Waals surface area contributed by atoms with E-state index < -0.39 is 23.6 Å². The lowest BCUT2D eigenvalue weighted by atomic mass is 9.84. The summed E-state index contributed by atoms with van der Waals surface area (Å²) in [5.74, 6) is -2.33. The molecular weight excluding hydrogens is 327 g/mol. The molecule has 24 heavy (non-hydrogen) atoms. The minimum absolute atomic E-state index is 0.105. The maximum atomic E-state index is 12.4. The van der Waals surface area contributed by atoms with Gasteiger partial charge in [0.05, 0.1) is 12.1 Å². The van der Waals surface area contributed by atoms with E-state index in [0.29, 0.717) is 5.92 Å². The molecule has 2 rings (SSSR count). The SMILES string of the molecule is C=CC(C)(C)[C@H](N)C(=O)N1[C@H](C#N)C[C@@H]2C[C@@H]21.O=C(O)C(F)(F)F. The molecule has 2 fully saturated rings. The number of aliphatic carboxylic acids is 1. The first-order chi connectivity index (χ1) is 10.9. The van der Waals surface area contributed by atoms with Crippen LogP contribution in [0.15, 0.2) is 12.7 Å². The third-order valence-corrected chi connectivity index (χ3v) is 4.34. The Morgan fingerprint density at radius 2 is 1.92 bits per heavy atom. The van der Waals surface area contributed by atoms with Crippen LogP contribution >= 0.6 is 0 Å². The first-order valence-electron chi connectivity index (χ1n) is 7.28. The second-order valence-corrected chi connectivity index (χ2v) is 6.50. The second kappa shape index (κ2) is 6.81. The van der Waals surface area contributed by atoms with Crippen molar-refractivity contribution >= 4 is 11.9 Å². The van der Waals surface area contributed by atoms with Crippen LogP contribution in [-0.2, 0) is 9.59 Å².